The van der Waals surface area contributed by atoms with Gasteiger partial charge in [0, 0.05) is 26.6 Å². The molecular weight excluding hydrogens is 392 g/mol. The topological polar surface area (TPSA) is 98.4 Å². The maximum Gasteiger partial charge on any atom is 0.255 e. The van der Waals surface area contributed by atoms with Gasteiger partial charge in [-0.15, -0.1) is 0 Å². The number of rotatable bonds is 7. The number of nitriles is 2. The van der Waals surface area contributed by atoms with Gasteiger partial charge in [-0.05, 0) is 28.8 Å². The molecule has 0 saturated carbocycles. The first kappa shape index (κ1) is 21.0. The molecule has 2 saturated heterocycles. The molecule has 7 heteroatoms. The summed E-state index contributed by atoms with van der Waals surface area (Å²) in [6.45, 7) is 2.42. The van der Waals surface area contributed by atoms with Crippen molar-refractivity contribution in [2.24, 2.45) is 0 Å². The summed E-state index contributed by atoms with van der Waals surface area (Å²) in [7, 11) is 1.54. The molecule has 7 nitrogen and oxygen atoms in total. The number of carbonyl (C=O) groups excluding carboxylic acids is 1. The van der Waals surface area contributed by atoms with Crippen molar-refractivity contribution >= 4 is 5.91 Å². The van der Waals surface area contributed by atoms with E-state index in [-0.39, 0.29) is 5.91 Å². The largest absolute Gasteiger partial charge is 0.378 e. The summed E-state index contributed by atoms with van der Waals surface area (Å²) in [5, 5.41) is 21.3. The molecule has 31 heavy (non-hydrogen) atoms. The Labute approximate surface area is 181 Å². The standard InChI is InChI=1S/C24H24N4O3/c1-30-24(15-28(16-24)22-13-31-14-22)23(29)27-21(12-26)10-17-2-6-19(7-3-17)20-8-4-18(11-25)5-9-20/h2-9,21-22H,10,13-16H2,1H3,(H,27,29). The van der Waals surface area contributed by atoms with E-state index >= 15 is 0 Å². The maximum absolute atomic E-state index is 12.8. The third-order valence-corrected chi connectivity index (χ3v) is 6.06. The number of nitrogens with one attached hydrogen (secondary N) is 1. The van der Waals surface area contributed by atoms with Gasteiger partial charge in [0.2, 0.25) is 0 Å². The lowest BCUT2D eigenvalue weighted by atomic mass is 9.89. The first-order chi connectivity index (χ1) is 15.1. The molecule has 1 N–H and O–H groups in total. The second kappa shape index (κ2) is 8.87. The second-order valence-corrected chi connectivity index (χ2v) is 8.04. The van der Waals surface area contributed by atoms with Gasteiger partial charge in [-0.3, -0.25) is 9.69 Å². The molecule has 2 heterocycles. The minimum atomic E-state index is -0.899. The number of methoxy groups -OCH3 is 1. The molecule has 0 bridgehead atoms. The molecule has 1 atom stereocenters. The van der Waals surface area contributed by atoms with Crippen LogP contribution in [0, 0.1) is 22.7 Å². The predicted molar refractivity (Wildman–Crippen MR) is 114 cm³/mol. The number of hydrogen-bond donors (Lipinski definition) is 1. The van der Waals surface area contributed by atoms with Crippen molar-refractivity contribution in [3.05, 3.63) is 59.7 Å². The fraction of sp³-hybridized carbons (Fsp3) is 0.375. The molecule has 0 radical (unpaired) electrons. The number of hydrogen-bond acceptors (Lipinski definition) is 6. The van der Waals surface area contributed by atoms with Crippen LogP contribution in [0.5, 0.6) is 0 Å². The highest BCUT2D eigenvalue weighted by atomic mass is 16.5. The molecule has 2 aromatic rings. The minimum Gasteiger partial charge on any atom is -0.378 e. The van der Waals surface area contributed by atoms with Crippen LogP contribution in [0.1, 0.15) is 11.1 Å². The van der Waals surface area contributed by atoms with Crippen LogP contribution >= 0.6 is 0 Å². The summed E-state index contributed by atoms with van der Waals surface area (Å²) >= 11 is 0. The summed E-state index contributed by atoms with van der Waals surface area (Å²) in [6, 6.07) is 19.3. The van der Waals surface area contributed by atoms with E-state index in [9.17, 15) is 10.1 Å². The molecule has 4 rings (SSSR count). The second-order valence-electron chi connectivity index (χ2n) is 8.04. The van der Waals surface area contributed by atoms with Crippen LogP contribution < -0.4 is 5.32 Å². The van der Waals surface area contributed by atoms with Crippen molar-refractivity contribution in [3.63, 3.8) is 0 Å². The van der Waals surface area contributed by atoms with Crippen molar-refractivity contribution in [1.82, 2.24) is 10.2 Å². The molecule has 2 aliphatic rings. The Kier molecular flexibility index (Phi) is 6.01. The lowest BCUT2D eigenvalue weighted by Crippen LogP contribution is -2.74. The zero-order chi connectivity index (χ0) is 21.8. The smallest absolute Gasteiger partial charge is 0.255 e. The van der Waals surface area contributed by atoms with Crippen LogP contribution in [0.25, 0.3) is 11.1 Å². The van der Waals surface area contributed by atoms with E-state index in [1.165, 1.54) is 7.11 Å². The number of nitrogens with zero attached hydrogens (tertiary/aromatic N) is 3. The Bertz CT molecular complexity index is 1010. The van der Waals surface area contributed by atoms with E-state index in [0.717, 1.165) is 16.7 Å². The SMILES string of the molecule is COC1(C(=O)NC(C#N)Cc2ccc(-c3ccc(C#N)cc3)cc2)CN(C2COC2)C1. The molecule has 1 unspecified atom stereocenters. The van der Waals surface area contributed by atoms with Gasteiger partial charge in [0.1, 0.15) is 6.04 Å². The first-order valence-corrected chi connectivity index (χ1v) is 10.2. The van der Waals surface area contributed by atoms with E-state index in [2.05, 4.69) is 22.4 Å². The Morgan fingerprint density at radius 3 is 2.26 bits per heavy atom. The summed E-state index contributed by atoms with van der Waals surface area (Å²) < 4.78 is 10.7. The Hall–Kier alpha value is -3.23. The monoisotopic (exact) mass is 416 g/mol. The molecular formula is C24H24N4O3. The number of benzene rings is 2. The highest BCUT2D eigenvalue weighted by molar-refractivity contribution is 5.87. The first-order valence-electron chi connectivity index (χ1n) is 10.2. The molecule has 0 spiro atoms. The zero-order valence-electron chi connectivity index (χ0n) is 17.4. The van der Waals surface area contributed by atoms with Crippen LogP contribution in [0.3, 0.4) is 0 Å². The summed E-state index contributed by atoms with van der Waals surface area (Å²) in [5.41, 5.74) is 2.72. The van der Waals surface area contributed by atoms with E-state index in [1.807, 2.05) is 36.4 Å². The van der Waals surface area contributed by atoms with Gasteiger partial charge >= 0.3 is 0 Å². The fourth-order valence-electron chi connectivity index (χ4n) is 3.89. The van der Waals surface area contributed by atoms with E-state index in [0.29, 0.717) is 44.3 Å². The molecule has 0 aromatic heterocycles. The lowest BCUT2D eigenvalue weighted by molar-refractivity contribution is -0.190. The van der Waals surface area contributed by atoms with Crippen molar-refractivity contribution in [2.45, 2.75) is 24.1 Å². The summed E-state index contributed by atoms with van der Waals surface area (Å²) in [4.78, 5) is 15.0. The molecule has 1 amide bonds. The van der Waals surface area contributed by atoms with Crippen molar-refractivity contribution in [2.75, 3.05) is 33.4 Å². The predicted octanol–water partition coefficient (Wildman–Crippen LogP) is 1.88. The Balaban J connectivity index is 1.35. The van der Waals surface area contributed by atoms with Gasteiger partial charge < -0.3 is 14.8 Å². The summed E-state index contributed by atoms with van der Waals surface area (Å²) in [5.74, 6) is -0.243. The van der Waals surface area contributed by atoms with Crippen molar-refractivity contribution < 1.29 is 14.3 Å². The van der Waals surface area contributed by atoms with Gasteiger partial charge in [0.25, 0.3) is 5.91 Å². The van der Waals surface area contributed by atoms with E-state index < -0.39 is 11.6 Å². The summed E-state index contributed by atoms with van der Waals surface area (Å²) in [6.07, 6.45) is 0.413. The molecule has 158 valence electrons. The van der Waals surface area contributed by atoms with Crippen molar-refractivity contribution in [3.8, 4) is 23.3 Å². The number of likely N-dealkylation sites (tertiary alicyclic amines) is 1. The minimum absolute atomic E-state index is 0.243. The third-order valence-electron chi connectivity index (χ3n) is 6.06. The van der Waals surface area contributed by atoms with E-state index in [1.54, 1.807) is 12.1 Å². The van der Waals surface area contributed by atoms with Gasteiger partial charge in [-0.25, -0.2) is 0 Å². The maximum atomic E-state index is 12.8. The average Bonchev–Trinajstić information content (AvgIpc) is 2.74. The van der Waals surface area contributed by atoms with Crippen LogP contribution in [0.2, 0.25) is 0 Å². The molecule has 0 aliphatic carbocycles. The van der Waals surface area contributed by atoms with Gasteiger partial charge in [-0.1, -0.05) is 36.4 Å². The highest BCUT2D eigenvalue weighted by Crippen LogP contribution is 2.29. The number of amides is 1. The van der Waals surface area contributed by atoms with Gasteiger partial charge in [0.05, 0.1) is 37.0 Å². The average molecular weight is 416 g/mol. The van der Waals surface area contributed by atoms with Crippen LogP contribution in [-0.2, 0) is 20.7 Å². The molecule has 2 aromatic carbocycles. The molecule has 2 fully saturated rings. The zero-order valence-corrected chi connectivity index (χ0v) is 17.4. The Morgan fingerprint density at radius 1 is 1.16 bits per heavy atom. The quantitative estimate of drug-likeness (QED) is 0.740. The normalized spacial score (nSPS) is 18.7. The molecule has 2 aliphatic heterocycles. The van der Waals surface area contributed by atoms with Crippen LogP contribution in [0.4, 0.5) is 0 Å². The fourth-order valence-corrected chi connectivity index (χ4v) is 3.89. The van der Waals surface area contributed by atoms with Crippen molar-refractivity contribution in [1.29, 1.82) is 10.5 Å². The van der Waals surface area contributed by atoms with Crippen LogP contribution in [0.15, 0.2) is 48.5 Å². The van der Waals surface area contributed by atoms with E-state index in [4.69, 9.17) is 14.7 Å². The third kappa shape index (κ3) is 4.30. The van der Waals surface area contributed by atoms with Gasteiger partial charge in [0.15, 0.2) is 5.60 Å². The lowest BCUT2D eigenvalue weighted by Gasteiger charge is -2.52. The number of ether oxygens (including phenoxy) is 2. The van der Waals surface area contributed by atoms with Crippen LogP contribution in [-0.4, -0.2) is 61.9 Å². The Morgan fingerprint density at radius 2 is 1.77 bits per heavy atom. The van der Waals surface area contributed by atoms with Gasteiger partial charge in [-0.2, -0.15) is 10.5 Å². The highest BCUT2D eigenvalue weighted by Gasteiger charge is 2.53. The number of carbonyl (C=O) groups is 1.